The van der Waals surface area contributed by atoms with Gasteiger partial charge in [0.15, 0.2) is 0 Å². The van der Waals surface area contributed by atoms with Crippen LogP contribution in [0.2, 0.25) is 5.02 Å². The van der Waals surface area contributed by atoms with Crippen LogP contribution in [-0.4, -0.2) is 45.1 Å². The van der Waals surface area contributed by atoms with Crippen LogP contribution in [0.1, 0.15) is 5.82 Å². The summed E-state index contributed by atoms with van der Waals surface area (Å²) in [6, 6.07) is 3.60. The van der Waals surface area contributed by atoms with Crippen molar-refractivity contribution in [2.75, 3.05) is 18.9 Å². The Kier molecular flexibility index (Phi) is 6.39. The Bertz CT molecular complexity index is 840. The van der Waals surface area contributed by atoms with Gasteiger partial charge in [0.1, 0.15) is 12.4 Å². The molecule has 0 saturated heterocycles. The number of hydrogen-bond acceptors (Lipinski definition) is 5. The summed E-state index contributed by atoms with van der Waals surface area (Å²) in [4.78, 5) is 27.5. The number of nitrogens with one attached hydrogen (secondary N) is 1. The van der Waals surface area contributed by atoms with Gasteiger partial charge < -0.3 is 9.88 Å². The van der Waals surface area contributed by atoms with Gasteiger partial charge in [-0.25, -0.2) is 4.98 Å². The number of carbonyl (C=O) groups is 1. The Balaban J connectivity index is 1.95. The molecule has 0 aliphatic rings. The monoisotopic (exact) mass is 405 g/mol. The zero-order valence-electron chi connectivity index (χ0n) is 14.0. The zero-order chi connectivity index (χ0) is 20.2. The highest BCUT2D eigenvalue weighted by atomic mass is 35.5. The van der Waals surface area contributed by atoms with Crippen LogP contribution in [0.15, 0.2) is 30.6 Å². The standard InChI is InChI=1S/C15H15ClF3N5O3/c1-22(7-13-20-4-5-23(13)9-15(17,18)19)8-14(25)21-12-3-2-10(24(26)27)6-11(12)16/h2-6H,7-9H2,1H3,(H,21,25). The number of non-ortho nitro benzene ring substituents is 1. The molecule has 1 N–H and O–H groups in total. The van der Waals surface area contributed by atoms with E-state index in [-0.39, 0.29) is 35.3 Å². The molecule has 0 bridgehead atoms. The van der Waals surface area contributed by atoms with Crippen LogP contribution >= 0.6 is 11.6 Å². The second-order valence-corrected chi connectivity index (χ2v) is 6.14. The third-order valence-electron chi connectivity index (χ3n) is 3.41. The lowest BCUT2D eigenvalue weighted by Crippen LogP contribution is -2.31. The normalized spacial score (nSPS) is 11.6. The number of aromatic nitrogens is 2. The SMILES string of the molecule is CN(CC(=O)Nc1ccc([N+](=O)[O-])cc1Cl)Cc1nccn1CC(F)(F)F. The summed E-state index contributed by atoms with van der Waals surface area (Å²) in [5.41, 5.74) is -0.0224. The van der Waals surface area contributed by atoms with Crippen molar-refractivity contribution in [3.05, 3.63) is 51.6 Å². The lowest BCUT2D eigenvalue weighted by atomic mass is 10.3. The number of hydrogen-bond donors (Lipinski definition) is 1. The van der Waals surface area contributed by atoms with Gasteiger partial charge in [0.05, 0.1) is 28.7 Å². The summed E-state index contributed by atoms with van der Waals surface area (Å²) < 4.78 is 38.5. The number of nitrogens with zero attached hydrogens (tertiary/aromatic N) is 4. The summed E-state index contributed by atoms with van der Waals surface area (Å²) >= 11 is 5.90. The summed E-state index contributed by atoms with van der Waals surface area (Å²) in [7, 11) is 1.55. The smallest absolute Gasteiger partial charge is 0.325 e. The Morgan fingerprint density at radius 2 is 2.15 bits per heavy atom. The molecule has 2 rings (SSSR count). The maximum absolute atomic E-state index is 12.5. The first-order valence-electron chi connectivity index (χ1n) is 7.54. The molecule has 1 aromatic heterocycles. The number of rotatable bonds is 7. The quantitative estimate of drug-likeness (QED) is 0.564. The van der Waals surface area contributed by atoms with Gasteiger partial charge in [-0.3, -0.25) is 19.8 Å². The van der Waals surface area contributed by atoms with Gasteiger partial charge in [-0.15, -0.1) is 0 Å². The first-order chi connectivity index (χ1) is 12.5. The van der Waals surface area contributed by atoms with Crippen molar-refractivity contribution in [3.63, 3.8) is 0 Å². The minimum absolute atomic E-state index is 0.000855. The van der Waals surface area contributed by atoms with Crippen molar-refractivity contribution in [1.82, 2.24) is 14.5 Å². The fraction of sp³-hybridized carbons (Fsp3) is 0.333. The van der Waals surface area contributed by atoms with Gasteiger partial charge >= 0.3 is 6.18 Å². The fourth-order valence-corrected chi connectivity index (χ4v) is 2.50. The highest BCUT2D eigenvalue weighted by Gasteiger charge is 2.29. The van der Waals surface area contributed by atoms with E-state index in [0.29, 0.717) is 0 Å². The molecule has 0 atom stereocenters. The Morgan fingerprint density at radius 3 is 2.74 bits per heavy atom. The Labute approximate surface area is 156 Å². The molecule has 8 nitrogen and oxygen atoms in total. The van der Waals surface area contributed by atoms with Gasteiger partial charge in [-0.2, -0.15) is 13.2 Å². The van der Waals surface area contributed by atoms with E-state index in [1.807, 2.05) is 0 Å². The van der Waals surface area contributed by atoms with Gasteiger partial charge in [-0.1, -0.05) is 11.6 Å². The predicted molar refractivity (Wildman–Crippen MR) is 91.4 cm³/mol. The van der Waals surface area contributed by atoms with Crippen LogP contribution in [-0.2, 0) is 17.9 Å². The molecule has 0 aliphatic heterocycles. The van der Waals surface area contributed by atoms with E-state index in [4.69, 9.17) is 11.6 Å². The van der Waals surface area contributed by atoms with Crippen LogP contribution in [0.3, 0.4) is 0 Å². The lowest BCUT2D eigenvalue weighted by Gasteiger charge is -2.18. The number of imidazole rings is 1. The second-order valence-electron chi connectivity index (χ2n) is 5.73. The molecule has 1 heterocycles. The third kappa shape index (κ3) is 6.22. The molecule has 0 fully saturated rings. The van der Waals surface area contributed by atoms with E-state index in [1.165, 1.54) is 29.4 Å². The minimum Gasteiger partial charge on any atom is -0.325 e. The van der Waals surface area contributed by atoms with E-state index in [1.54, 1.807) is 7.05 Å². The van der Waals surface area contributed by atoms with Gasteiger partial charge in [0, 0.05) is 24.5 Å². The first kappa shape index (κ1) is 20.6. The number of alkyl halides is 3. The van der Waals surface area contributed by atoms with Crippen molar-refractivity contribution in [1.29, 1.82) is 0 Å². The average Bonchev–Trinajstić information content (AvgIpc) is 2.93. The molecule has 0 saturated carbocycles. The third-order valence-corrected chi connectivity index (χ3v) is 3.73. The summed E-state index contributed by atoms with van der Waals surface area (Å²) in [6.07, 6.45) is -1.91. The van der Waals surface area contributed by atoms with E-state index in [0.717, 1.165) is 10.6 Å². The molecule has 2 aromatic rings. The number of amides is 1. The molecule has 0 radical (unpaired) electrons. The van der Waals surface area contributed by atoms with Crippen molar-refractivity contribution >= 4 is 28.9 Å². The van der Waals surface area contributed by atoms with Crippen LogP contribution < -0.4 is 5.32 Å². The fourth-order valence-electron chi connectivity index (χ4n) is 2.28. The predicted octanol–water partition coefficient (Wildman–Crippen LogP) is 3.08. The van der Waals surface area contributed by atoms with Crippen LogP contribution in [0.5, 0.6) is 0 Å². The molecule has 146 valence electrons. The molecule has 0 aliphatic carbocycles. The summed E-state index contributed by atoms with van der Waals surface area (Å²) in [5.74, 6) is -0.321. The number of nitro benzene ring substituents is 1. The molecule has 0 spiro atoms. The molecule has 27 heavy (non-hydrogen) atoms. The largest absolute Gasteiger partial charge is 0.406 e. The number of benzene rings is 1. The van der Waals surface area contributed by atoms with E-state index >= 15 is 0 Å². The molecule has 0 unspecified atom stereocenters. The zero-order valence-corrected chi connectivity index (χ0v) is 14.8. The maximum atomic E-state index is 12.5. The Morgan fingerprint density at radius 1 is 1.44 bits per heavy atom. The summed E-state index contributed by atoms with van der Waals surface area (Å²) in [6.45, 7) is -1.29. The van der Waals surface area contributed by atoms with Crippen LogP contribution in [0.25, 0.3) is 0 Å². The molecular formula is C15H15ClF3N5O3. The molecular weight excluding hydrogens is 391 g/mol. The average molecular weight is 406 g/mol. The van der Waals surface area contributed by atoms with Crippen LogP contribution in [0, 0.1) is 10.1 Å². The van der Waals surface area contributed by atoms with Gasteiger partial charge in [0.2, 0.25) is 5.91 Å². The van der Waals surface area contributed by atoms with Crippen molar-refractivity contribution in [2.45, 2.75) is 19.3 Å². The highest BCUT2D eigenvalue weighted by Crippen LogP contribution is 2.26. The maximum Gasteiger partial charge on any atom is 0.406 e. The number of nitro groups is 1. The van der Waals surface area contributed by atoms with Gasteiger partial charge in [-0.05, 0) is 13.1 Å². The number of carbonyl (C=O) groups excluding carboxylic acids is 1. The number of anilines is 1. The topological polar surface area (TPSA) is 93.3 Å². The molecule has 1 aromatic carbocycles. The first-order valence-corrected chi connectivity index (χ1v) is 7.92. The Hall–Kier alpha value is -2.66. The number of likely N-dealkylation sites (N-methyl/N-ethyl adjacent to an activating group) is 1. The molecule has 1 amide bonds. The highest BCUT2D eigenvalue weighted by molar-refractivity contribution is 6.34. The van der Waals surface area contributed by atoms with Crippen molar-refractivity contribution in [2.24, 2.45) is 0 Å². The van der Waals surface area contributed by atoms with Crippen molar-refractivity contribution < 1.29 is 22.9 Å². The minimum atomic E-state index is -4.38. The second kappa shape index (κ2) is 8.35. The van der Waals surface area contributed by atoms with E-state index in [2.05, 4.69) is 10.3 Å². The van der Waals surface area contributed by atoms with E-state index < -0.39 is 23.6 Å². The number of halogens is 4. The molecule has 12 heteroatoms. The summed E-state index contributed by atoms with van der Waals surface area (Å²) in [5, 5.41) is 13.2. The lowest BCUT2D eigenvalue weighted by molar-refractivity contribution is -0.384. The van der Waals surface area contributed by atoms with E-state index in [9.17, 15) is 28.1 Å². The van der Waals surface area contributed by atoms with Crippen LogP contribution in [0.4, 0.5) is 24.5 Å². The van der Waals surface area contributed by atoms with Crippen molar-refractivity contribution in [3.8, 4) is 0 Å². The van der Waals surface area contributed by atoms with Gasteiger partial charge in [0.25, 0.3) is 5.69 Å².